The summed E-state index contributed by atoms with van der Waals surface area (Å²) in [4.78, 5) is 22.7. The van der Waals surface area contributed by atoms with Gasteiger partial charge in [0.15, 0.2) is 0 Å². The first-order chi connectivity index (χ1) is 6.90. The van der Waals surface area contributed by atoms with E-state index in [0.29, 0.717) is 12.8 Å². The minimum atomic E-state index is -1.09. The Labute approximate surface area is 89.2 Å². The van der Waals surface area contributed by atoms with E-state index in [4.69, 9.17) is 9.47 Å². The summed E-state index contributed by atoms with van der Waals surface area (Å²) >= 11 is 0. The van der Waals surface area contributed by atoms with Crippen molar-refractivity contribution in [3.63, 3.8) is 0 Å². The number of hydrogen-bond donors (Lipinski definition) is 0. The maximum atomic E-state index is 11.3. The summed E-state index contributed by atoms with van der Waals surface area (Å²) in [5, 5.41) is 0. The Balaban J connectivity index is 2.88. The molecule has 0 aliphatic carbocycles. The fourth-order valence-corrected chi connectivity index (χ4v) is 1.56. The zero-order valence-corrected chi connectivity index (χ0v) is 9.33. The molecule has 84 valence electrons. The Morgan fingerprint density at radius 3 is 2.07 bits per heavy atom. The van der Waals surface area contributed by atoms with E-state index in [1.807, 2.05) is 20.8 Å². The number of cyclic esters (lactones) is 2. The molecular weight excluding hydrogens is 196 g/mol. The zero-order chi connectivity index (χ0) is 11.6. The highest BCUT2D eigenvalue weighted by molar-refractivity contribution is 6.14. The van der Waals surface area contributed by atoms with Crippen LogP contribution in [0.1, 0.15) is 33.6 Å². The van der Waals surface area contributed by atoms with Crippen molar-refractivity contribution in [2.75, 3.05) is 0 Å². The minimum Gasteiger partial charge on any atom is -0.419 e. The van der Waals surface area contributed by atoms with Gasteiger partial charge < -0.3 is 9.47 Å². The molecule has 0 aromatic carbocycles. The molecule has 1 fully saturated rings. The van der Waals surface area contributed by atoms with Gasteiger partial charge in [-0.2, -0.15) is 0 Å². The van der Waals surface area contributed by atoms with Crippen molar-refractivity contribution in [2.24, 2.45) is 5.92 Å². The fraction of sp³-hybridized carbons (Fsp3) is 0.636. The van der Waals surface area contributed by atoms with Crippen molar-refractivity contribution >= 4 is 11.9 Å². The van der Waals surface area contributed by atoms with E-state index in [1.54, 1.807) is 0 Å². The standard InChI is InChI=1S/C11H16O4/c1-5-11(6-7(2)3)14-9(12)8(4)10(13)15-11/h7H,4-6H2,1-3H3. The largest absolute Gasteiger partial charge is 0.419 e. The summed E-state index contributed by atoms with van der Waals surface area (Å²) in [7, 11) is 0. The van der Waals surface area contributed by atoms with Crippen molar-refractivity contribution in [1.82, 2.24) is 0 Å². The number of carbonyl (C=O) groups is 2. The van der Waals surface area contributed by atoms with Crippen LogP contribution in [0, 0.1) is 5.92 Å². The van der Waals surface area contributed by atoms with Gasteiger partial charge in [-0.05, 0) is 5.92 Å². The van der Waals surface area contributed by atoms with Crippen LogP contribution in [0.4, 0.5) is 0 Å². The molecule has 4 nitrogen and oxygen atoms in total. The molecule has 0 amide bonds. The number of rotatable bonds is 3. The Morgan fingerprint density at radius 2 is 1.73 bits per heavy atom. The average Bonchev–Trinajstić information content (AvgIpc) is 2.13. The lowest BCUT2D eigenvalue weighted by Crippen LogP contribution is -2.46. The lowest BCUT2D eigenvalue weighted by atomic mass is 9.99. The Morgan fingerprint density at radius 1 is 1.27 bits per heavy atom. The second-order valence-corrected chi connectivity index (χ2v) is 4.12. The highest BCUT2D eigenvalue weighted by Gasteiger charge is 2.44. The lowest BCUT2D eigenvalue weighted by molar-refractivity contribution is -0.241. The van der Waals surface area contributed by atoms with Crippen LogP contribution in [0.2, 0.25) is 0 Å². The summed E-state index contributed by atoms with van der Waals surface area (Å²) in [5.74, 6) is -2.16. The second kappa shape index (κ2) is 4.04. The smallest absolute Gasteiger partial charge is 0.348 e. The topological polar surface area (TPSA) is 52.6 Å². The summed E-state index contributed by atoms with van der Waals surface area (Å²) in [6.07, 6.45) is 0.963. The van der Waals surface area contributed by atoms with Gasteiger partial charge in [0.25, 0.3) is 5.79 Å². The first kappa shape index (κ1) is 11.8. The monoisotopic (exact) mass is 212 g/mol. The normalized spacial score (nSPS) is 20.1. The molecule has 0 unspecified atom stereocenters. The van der Waals surface area contributed by atoms with Crippen LogP contribution < -0.4 is 0 Å². The summed E-state index contributed by atoms with van der Waals surface area (Å²) < 4.78 is 10.3. The lowest BCUT2D eigenvalue weighted by Gasteiger charge is -2.36. The first-order valence-corrected chi connectivity index (χ1v) is 5.06. The van der Waals surface area contributed by atoms with Crippen LogP contribution in [-0.4, -0.2) is 17.7 Å². The van der Waals surface area contributed by atoms with E-state index in [-0.39, 0.29) is 11.5 Å². The van der Waals surface area contributed by atoms with Crippen LogP contribution in [-0.2, 0) is 19.1 Å². The molecule has 15 heavy (non-hydrogen) atoms. The van der Waals surface area contributed by atoms with Crippen LogP contribution in [0.25, 0.3) is 0 Å². The van der Waals surface area contributed by atoms with Crippen LogP contribution in [0.5, 0.6) is 0 Å². The molecule has 1 rings (SSSR count). The molecule has 0 bridgehead atoms. The van der Waals surface area contributed by atoms with Crippen LogP contribution in [0.15, 0.2) is 12.2 Å². The van der Waals surface area contributed by atoms with Gasteiger partial charge in [0.1, 0.15) is 5.57 Å². The van der Waals surface area contributed by atoms with Gasteiger partial charge in [0.05, 0.1) is 0 Å². The van der Waals surface area contributed by atoms with Crippen molar-refractivity contribution < 1.29 is 19.1 Å². The minimum absolute atomic E-state index is 0.233. The SMILES string of the molecule is C=C1C(=O)OC(CC)(CC(C)C)OC1=O. The van der Waals surface area contributed by atoms with Gasteiger partial charge in [-0.3, -0.25) is 0 Å². The molecule has 1 heterocycles. The van der Waals surface area contributed by atoms with E-state index in [9.17, 15) is 9.59 Å². The Bertz CT molecular complexity index is 284. The molecule has 0 saturated carbocycles. The summed E-state index contributed by atoms with van der Waals surface area (Å²) in [6.45, 7) is 9.07. The predicted molar refractivity (Wildman–Crippen MR) is 53.8 cm³/mol. The Hall–Kier alpha value is -1.32. The number of ether oxygens (including phenoxy) is 2. The molecule has 4 heteroatoms. The highest BCUT2D eigenvalue weighted by Crippen LogP contribution is 2.31. The van der Waals surface area contributed by atoms with Gasteiger partial charge in [-0.15, -0.1) is 0 Å². The molecule has 0 aromatic heterocycles. The molecule has 1 aliphatic rings. The molecule has 0 aromatic rings. The third-order valence-electron chi connectivity index (χ3n) is 2.31. The first-order valence-electron chi connectivity index (χ1n) is 5.06. The van der Waals surface area contributed by atoms with E-state index >= 15 is 0 Å². The molecule has 0 N–H and O–H groups in total. The van der Waals surface area contributed by atoms with E-state index in [1.165, 1.54) is 0 Å². The Kier molecular flexibility index (Phi) is 3.17. The maximum absolute atomic E-state index is 11.3. The van der Waals surface area contributed by atoms with Gasteiger partial charge in [0, 0.05) is 12.8 Å². The fourth-order valence-electron chi connectivity index (χ4n) is 1.56. The third kappa shape index (κ3) is 2.37. The van der Waals surface area contributed by atoms with Crippen molar-refractivity contribution in [2.45, 2.75) is 39.4 Å². The third-order valence-corrected chi connectivity index (χ3v) is 2.31. The zero-order valence-electron chi connectivity index (χ0n) is 9.33. The quantitative estimate of drug-likeness (QED) is 0.406. The molecular formula is C11H16O4. The molecule has 0 spiro atoms. The van der Waals surface area contributed by atoms with Gasteiger partial charge in [-0.1, -0.05) is 27.4 Å². The van der Waals surface area contributed by atoms with Crippen LogP contribution in [0.3, 0.4) is 0 Å². The van der Waals surface area contributed by atoms with Crippen molar-refractivity contribution in [1.29, 1.82) is 0 Å². The molecule has 1 aliphatic heterocycles. The second-order valence-electron chi connectivity index (χ2n) is 4.12. The molecule has 0 radical (unpaired) electrons. The van der Waals surface area contributed by atoms with E-state index < -0.39 is 17.7 Å². The van der Waals surface area contributed by atoms with Gasteiger partial charge >= 0.3 is 11.9 Å². The molecule has 0 atom stereocenters. The molecule has 1 saturated heterocycles. The number of esters is 2. The van der Waals surface area contributed by atoms with Gasteiger partial charge in [-0.25, -0.2) is 9.59 Å². The predicted octanol–water partition coefficient (Wildman–Crippen LogP) is 1.79. The van der Waals surface area contributed by atoms with Crippen molar-refractivity contribution in [3.05, 3.63) is 12.2 Å². The summed E-state index contributed by atoms with van der Waals surface area (Å²) in [6, 6.07) is 0. The van der Waals surface area contributed by atoms with E-state index in [0.717, 1.165) is 0 Å². The highest BCUT2D eigenvalue weighted by atomic mass is 16.7. The van der Waals surface area contributed by atoms with Gasteiger partial charge in [0.2, 0.25) is 0 Å². The number of hydrogen-bond acceptors (Lipinski definition) is 4. The summed E-state index contributed by atoms with van der Waals surface area (Å²) in [5.41, 5.74) is -0.233. The number of carbonyl (C=O) groups excluding carboxylic acids is 2. The maximum Gasteiger partial charge on any atom is 0.348 e. The van der Waals surface area contributed by atoms with Crippen molar-refractivity contribution in [3.8, 4) is 0 Å². The van der Waals surface area contributed by atoms with E-state index in [2.05, 4.69) is 6.58 Å². The average molecular weight is 212 g/mol. The van der Waals surface area contributed by atoms with Crippen LogP contribution >= 0.6 is 0 Å².